The summed E-state index contributed by atoms with van der Waals surface area (Å²) >= 11 is 1.07. The minimum atomic E-state index is -0.953. The maximum absolute atomic E-state index is 13.5. The van der Waals surface area contributed by atoms with E-state index >= 15 is 0 Å². The number of carboxylic acid groups (broad SMARTS) is 1. The van der Waals surface area contributed by atoms with Crippen molar-refractivity contribution >= 4 is 39.7 Å². The fraction of sp³-hybridized carbons (Fsp3) is 0.190. The number of para-hydroxylation sites is 1. The number of aromatic nitrogens is 3. The highest BCUT2D eigenvalue weighted by molar-refractivity contribution is 8.00. The van der Waals surface area contributed by atoms with Crippen LogP contribution in [0.25, 0.3) is 27.6 Å². The van der Waals surface area contributed by atoms with Gasteiger partial charge in [-0.2, -0.15) is 0 Å². The lowest BCUT2D eigenvalue weighted by Crippen LogP contribution is -2.24. The summed E-state index contributed by atoms with van der Waals surface area (Å²) in [6, 6.07) is 13.3. The normalized spacial score (nSPS) is 12.5. The monoisotopic (exact) mass is 393 g/mol. The van der Waals surface area contributed by atoms with Crippen LogP contribution < -0.4 is 5.56 Å². The molecule has 4 aromatic rings. The lowest BCUT2D eigenvalue weighted by molar-refractivity contribution is -0.136. The van der Waals surface area contributed by atoms with Crippen molar-refractivity contribution in [3.8, 4) is 5.69 Å². The summed E-state index contributed by atoms with van der Waals surface area (Å²) in [6.45, 7) is 5.51. The second-order valence-electron chi connectivity index (χ2n) is 6.75. The van der Waals surface area contributed by atoms with Crippen LogP contribution in [0.4, 0.5) is 0 Å². The number of carboxylic acids is 1. The van der Waals surface area contributed by atoms with Gasteiger partial charge in [-0.1, -0.05) is 42.1 Å². The van der Waals surface area contributed by atoms with Crippen molar-refractivity contribution in [2.24, 2.45) is 0 Å². The van der Waals surface area contributed by atoms with E-state index in [4.69, 9.17) is 4.98 Å². The van der Waals surface area contributed by atoms with Crippen LogP contribution in [0.15, 0.2) is 52.4 Å². The number of hydrogen-bond donors (Lipinski definition) is 2. The Morgan fingerprint density at radius 3 is 2.68 bits per heavy atom. The van der Waals surface area contributed by atoms with E-state index in [1.165, 1.54) is 4.57 Å². The average Bonchev–Trinajstić information content (AvgIpc) is 3.04. The molecule has 0 aliphatic carbocycles. The van der Waals surface area contributed by atoms with Gasteiger partial charge in [-0.25, -0.2) is 4.98 Å². The molecule has 2 heterocycles. The minimum Gasteiger partial charge on any atom is -0.480 e. The van der Waals surface area contributed by atoms with Gasteiger partial charge in [-0.15, -0.1) is 0 Å². The molecule has 0 amide bonds. The van der Waals surface area contributed by atoms with Crippen molar-refractivity contribution in [3.63, 3.8) is 0 Å². The van der Waals surface area contributed by atoms with Gasteiger partial charge in [0, 0.05) is 10.9 Å². The summed E-state index contributed by atoms with van der Waals surface area (Å²) in [4.78, 5) is 32.8. The third-order valence-electron chi connectivity index (χ3n) is 4.94. The number of thioether (sulfide) groups is 1. The molecule has 2 aromatic heterocycles. The van der Waals surface area contributed by atoms with Gasteiger partial charge in [0.2, 0.25) is 0 Å². The fourth-order valence-corrected chi connectivity index (χ4v) is 4.07. The molecule has 142 valence electrons. The van der Waals surface area contributed by atoms with Crippen molar-refractivity contribution in [2.75, 3.05) is 0 Å². The molecule has 28 heavy (non-hydrogen) atoms. The number of rotatable bonds is 4. The molecular formula is C21H19N3O3S. The van der Waals surface area contributed by atoms with Gasteiger partial charge < -0.3 is 10.1 Å². The molecule has 0 saturated carbocycles. The van der Waals surface area contributed by atoms with Crippen LogP contribution in [0.2, 0.25) is 0 Å². The number of carbonyl (C=O) groups is 1. The molecule has 0 aliphatic heterocycles. The van der Waals surface area contributed by atoms with Crippen molar-refractivity contribution in [2.45, 2.75) is 31.2 Å². The molecule has 2 aromatic carbocycles. The fourth-order valence-electron chi connectivity index (χ4n) is 3.22. The predicted molar refractivity (Wildman–Crippen MR) is 112 cm³/mol. The molecule has 2 N–H and O–H groups in total. The summed E-state index contributed by atoms with van der Waals surface area (Å²) in [7, 11) is 0. The number of fused-ring (bicyclic) bond motifs is 3. The first-order chi connectivity index (χ1) is 13.4. The smallest absolute Gasteiger partial charge is 0.316 e. The van der Waals surface area contributed by atoms with Crippen LogP contribution in [0.5, 0.6) is 0 Å². The van der Waals surface area contributed by atoms with Crippen LogP contribution in [-0.4, -0.2) is 30.9 Å². The highest BCUT2D eigenvalue weighted by Crippen LogP contribution is 2.29. The number of aromatic amines is 1. The molecule has 6 nitrogen and oxygen atoms in total. The Morgan fingerprint density at radius 2 is 1.93 bits per heavy atom. The van der Waals surface area contributed by atoms with E-state index in [-0.39, 0.29) is 5.56 Å². The molecule has 4 rings (SSSR count). The third kappa shape index (κ3) is 2.88. The molecule has 1 atom stereocenters. The average molecular weight is 393 g/mol. The van der Waals surface area contributed by atoms with E-state index in [0.29, 0.717) is 21.9 Å². The maximum Gasteiger partial charge on any atom is 0.316 e. The molecular weight excluding hydrogens is 374 g/mol. The van der Waals surface area contributed by atoms with Gasteiger partial charge in [0.25, 0.3) is 5.56 Å². The Bertz CT molecular complexity index is 1290. The van der Waals surface area contributed by atoms with E-state index < -0.39 is 11.2 Å². The summed E-state index contributed by atoms with van der Waals surface area (Å²) in [5.74, 6) is -0.953. The SMILES string of the molecule is Cc1cccc(-n2c(SC(C)C(=O)O)nc3c([nH]c4ccccc43)c2=O)c1C. The van der Waals surface area contributed by atoms with E-state index in [2.05, 4.69) is 4.98 Å². The zero-order chi connectivity index (χ0) is 20.0. The predicted octanol–water partition coefficient (Wildman–Crippen LogP) is 4.05. The number of benzene rings is 2. The lowest BCUT2D eigenvalue weighted by Gasteiger charge is -2.16. The van der Waals surface area contributed by atoms with Gasteiger partial charge >= 0.3 is 5.97 Å². The molecule has 0 spiro atoms. The number of H-pyrrole nitrogens is 1. The Hall–Kier alpha value is -3.06. The number of aryl methyl sites for hydroxylation is 1. The quantitative estimate of drug-likeness (QED) is 0.403. The highest BCUT2D eigenvalue weighted by atomic mass is 32.2. The van der Waals surface area contributed by atoms with Crippen LogP contribution in [-0.2, 0) is 4.79 Å². The van der Waals surface area contributed by atoms with E-state index in [1.54, 1.807) is 6.92 Å². The van der Waals surface area contributed by atoms with Crippen LogP contribution in [0.1, 0.15) is 18.1 Å². The van der Waals surface area contributed by atoms with E-state index in [9.17, 15) is 14.7 Å². The van der Waals surface area contributed by atoms with Crippen LogP contribution in [0, 0.1) is 13.8 Å². The Labute approximate surface area is 165 Å². The molecule has 1 unspecified atom stereocenters. The van der Waals surface area contributed by atoms with Crippen molar-refractivity contribution in [3.05, 3.63) is 63.9 Å². The van der Waals surface area contributed by atoms with Crippen molar-refractivity contribution in [1.82, 2.24) is 14.5 Å². The first kappa shape index (κ1) is 18.3. The second kappa shape index (κ2) is 6.83. The minimum absolute atomic E-state index is 0.241. The van der Waals surface area contributed by atoms with Crippen molar-refractivity contribution in [1.29, 1.82) is 0 Å². The Morgan fingerprint density at radius 1 is 1.18 bits per heavy atom. The highest BCUT2D eigenvalue weighted by Gasteiger charge is 2.22. The Kier molecular flexibility index (Phi) is 4.47. The molecule has 0 saturated heterocycles. The Balaban J connectivity index is 2.10. The zero-order valence-electron chi connectivity index (χ0n) is 15.7. The van der Waals surface area contributed by atoms with E-state index in [0.717, 1.165) is 33.8 Å². The van der Waals surface area contributed by atoms with Gasteiger partial charge in [0.1, 0.15) is 16.3 Å². The van der Waals surface area contributed by atoms with Crippen LogP contribution >= 0.6 is 11.8 Å². The summed E-state index contributed by atoms with van der Waals surface area (Å²) in [5, 5.41) is 9.84. The third-order valence-corrected chi connectivity index (χ3v) is 5.98. The van der Waals surface area contributed by atoms with Crippen molar-refractivity contribution < 1.29 is 9.90 Å². The maximum atomic E-state index is 13.5. The van der Waals surface area contributed by atoms with E-state index in [1.807, 2.05) is 56.3 Å². The zero-order valence-corrected chi connectivity index (χ0v) is 16.5. The second-order valence-corrected chi connectivity index (χ2v) is 8.05. The largest absolute Gasteiger partial charge is 0.480 e. The summed E-state index contributed by atoms with van der Waals surface area (Å²) in [5.41, 5.74) is 4.25. The molecule has 0 bridgehead atoms. The standard InChI is InChI=1S/C21H19N3O3S/c1-11-7-6-10-16(12(11)2)24-19(25)18-17(14-8-4-5-9-15(14)22-18)23-21(24)28-13(3)20(26)27/h4-10,13,22H,1-3H3,(H,26,27). The summed E-state index contributed by atoms with van der Waals surface area (Å²) < 4.78 is 1.52. The first-order valence-electron chi connectivity index (χ1n) is 8.88. The van der Waals surface area contributed by atoms with Crippen LogP contribution in [0.3, 0.4) is 0 Å². The van der Waals surface area contributed by atoms with Gasteiger partial charge in [-0.05, 0) is 44.0 Å². The number of nitrogens with one attached hydrogen (secondary N) is 1. The van der Waals surface area contributed by atoms with Gasteiger partial charge in [0.15, 0.2) is 5.16 Å². The molecule has 7 heteroatoms. The van der Waals surface area contributed by atoms with Gasteiger partial charge in [-0.3, -0.25) is 14.2 Å². The molecule has 0 aliphatic rings. The topological polar surface area (TPSA) is 88.0 Å². The molecule has 0 fully saturated rings. The summed E-state index contributed by atoms with van der Waals surface area (Å²) in [6.07, 6.45) is 0. The number of aliphatic carboxylic acids is 1. The lowest BCUT2D eigenvalue weighted by atomic mass is 10.1. The molecule has 0 radical (unpaired) electrons. The first-order valence-corrected chi connectivity index (χ1v) is 9.76. The van der Waals surface area contributed by atoms with Gasteiger partial charge in [0.05, 0.1) is 5.69 Å². The number of hydrogen-bond acceptors (Lipinski definition) is 4. The number of nitrogens with zero attached hydrogens (tertiary/aromatic N) is 2.